The number of aromatic nitrogens is 1. The molecule has 0 aromatic carbocycles. The van der Waals surface area contributed by atoms with E-state index in [1.165, 1.54) is 0 Å². The molecule has 19 heavy (non-hydrogen) atoms. The first-order valence-corrected chi connectivity index (χ1v) is 7.93. The molecule has 2 heterocycles. The maximum atomic E-state index is 11.8. The molecule has 1 atom stereocenters. The second kappa shape index (κ2) is 5.66. The molecule has 0 saturated carbocycles. The van der Waals surface area contributed by atoms with Gasteiger partial charge in [-0.1, -0.05) is 6.07 Å². The highest BCUT2D eigenvalue weighted by molar-refractivity contribution is 7.91. The normalized spacial score (nSPS) is 21.8. The minimum absolute atomic E-state index is 0.0156. The summed E-state index contributed by atoms with van der Waals surface area (Å²) in [4.78, 5) is 15.9. The number of carbonyl (C=O) groups is 1. The summed E-state index contributed by atoms with van der Waals surface area (Å²) >= 11 is 0. The molecule has 0 aliphatic carbocycles. The predicted molar refractivity (Wildman–Crippen MR) is 72.7 cm³/mol. The molecule has 1 aromatic heterocycles. The fourth-order valence-corrected chi connectivity index (χ4v) is 3.40. The van der Waals surface area contributed by atoms with Gasteiger partial charge in [0.25, 0.3) is 0 Å². The average Bonchev–Trinajstić information content (AvgIpc) is 2.30. The lowest BCUT2D eigenvalue weighted by Crippen LogP contribution is -2.46. The van der Waals surface area contributed by atoms with Crippen LogP contribution in [0, 0.1) is 6.92 Å². The first-order valence-electron chi connectivity index (χ1n) is 6.11. The second-order valence-electron chi connectivity index (χ2n) is 4.74. The van der Waals surface area contributed by atoms with Crippen molar-refractivity contribution in [3.05, 3.63) is 23.9 Å². The van der Waals surface area contributed by atoms with Crippen LogP contribution in [0.5, 0.6) is 0 Å². The summed E-state index contributed by atoms with van der Waals surface area (Å²) in [7, 11) is -3.01. The Bertz CT molecular complexity index is 554. The zero-order chi connectivity index (χ0) is 13.9. The molecule has 7 heteroatoms. The number of nitrogens with zero attached hydrogens (tertiary/aromatic N) is 1. The fourth-order valence-electron chi connectivity index (χ4n) is 1.96. The SMILES string of the molecule is Cc1ccc(NC(=O)CC2CS(=O)(=O)CCN2)nc1. The summed E-state index contributed by atoms with van der Waals surface area (Å²) in [5.74, 6) is 0.409. The first kappa shape index (κ1) is 14.0. The van der Waals surface area contributed by atoms with E-state index in [9.17, 15) is 13.2 Å². The lowest BCUT2D eigenvalue weighted by Gasteiger charge is -2.22. The van der Waals surface area contributed by atoms with Crippen LogP contribution in [0.25, 0.3) is 0 Å². The van der Waals surface area contributed by atoms with Crippen LogP contribution in [-0.2, 0) is 14.6 Å². The van der Waals surface area contributed by atoms with E-state index in [0.717, 1.165) is 5.56 Å². The number of pyridine rings is 1. The molecule has 1 aliphatic heterocycles. The van der Waals surface area contributed by atoms with Gasteiger partial charge >= 0.3 is 0 Å². The molecule has 1 fully saturated rings. The topological polar surface area (TPSA) is 88.2 Å². The Morgan fingerprint density at radius 1 is 1.53 bits per heavy atom. The smallest absolute Gasteiger partial charge is 0.227 e. The number of aryl methyl sites for hydroxylation is 1. The Kier molecular flexibility index (Phi) is 4.16. The number of sulfone groups is 1. The van der Waals surface area contributed by atoms with E-state index in [0.29, 0.717) is 12.4 Å². The molecule has 0 radical (unpaired) electrons. The molecule has 6 nitrogen and oxygen atoms in total. The van der Waals surface area contributed by atoms with Gasteiger partial charge in [0.15, 0.2) is 9.84 Å². The Morgan fingerprint density at radius 3 is 2.95 bits per heavy atom. The monoisotopic (exact) mass is 283 g/mol. The summed E-state index contributed by atoms with van der Waals surface area (Å²) in [6, 6.07) is 3.26. The summed E-state index contributed by atoms with van der Waals surface area (Å²) in [6.45, 7) is 2.32. The number of hydrogen-bond donors (Lipinski definition) is 2. The zero-order valence-electron chi connectivity index (χ0n) is 10.7. The molecule has 1 aliphatic rings. The number of rotatable bonds is 3. The van der Waals surface area contributed by atoms with Crippen molar-refractivity contribution in [2.45, 2.75) is 19.4 Å². The first-order chi connectivity index (χ1) is 8.94. The van der Waals surface area contributed by atoms with Gasteiger partial charge in [-0.2, -0.15) is 0 Å². The van der Waals surface area contributed by atoms with Crippen LogP contribution in [-0.4, -0.2) is 43.4 Å². The van der Waals surface area contributed by atoms with Crippen molar-refractivity contribution in [3.63, 3.8) is 0 Å². The van der Waals surface area contributed by atoms with Crippen LogP contribution in [0.15, 0.2) is 18.3 Å². The third kappa shape index (κ3) is 4.29. The van der Waals surface area contributed by atoms with E-state index in [-0.39, 0.29) is 29.9 Å². The van der Waals surface area contributed by atoms with Gasteiger partial charge in [0.2, 0.25) is 5.91 Å². The molecule has 2 N–H and O–H groups in total. The lowest BCUT2D eigenvalue weighted by molar-refractivity contribution is -0.116. The fraction of sp³-hybridized carbons (Fsp3) is 0.500. The predicted octanol–water partition coefficient (Wildman–Crippen LogP) is 0.105. The number of hydrogen-bond acceptors (Lipinski definition) is 5. The van der Waals surface area contributed by atoms with Gasteiger partial charge < -0.3 is 10.6 Å². The molecule has 2 rings (SSSR count). The third-order valence-electron chi connectivity index (χ3n) is 2.91. The number of anilines is 1. The maximum Gasteiger partial charge on any atom is 0.227 e. The van der Waals surface area contributed by atoms with Crippen molar-refractivity contribution in [2.24, 2.45) is 0 Å². The standard InChI is InChI=1S/C12H17N3O3S/c1-9-2-3-11(14-7-9)15-12(16)6-10-8-19(17,18)5-4-13-10/h2-3,7,10,13H,4-6,8H2,1H3,(H,14,15,16). The van der Waals surface area contributed by atoms with Crippen molar-refractivity contribution in [2.75, 3.05) is 23.4 Å². The summed E-state index contributed by atoms with van der Waals surface area (Å²) in [5, 5.41) is 5.70. The molecule has 1 saturated heterocycles. The van der Waals surface area contributed by atoms with Crippen molar-refractivity contribution >= 4 is 21.6 Å². The second-order valence-corrected chi connectivity index (χ2v) is 6.97. The van der Waals surface area contributed by atoms with Gasteiger partial charge in [0.05, 0.1) is 11.5 Å². The van der Waals surface area contributed by atoms with Crippen LogP contribution in [0.1, 0.15) is 12.0 Å². The number of carbonyl (C=O) groups excluding carboxylic acids is 1. The van der Waals surface area contributed by atoms with Gasteiger partial charge in [0, 0.05) is 25.2 Å². The van der Waals surface area contributed by atoms with E-state index in [2.05, 4.69) is 15.6 Å². The maximum absolute atomic E-state index is 11.8. The van der Waals surface area contributed by atoms with Crippen molar-refractivity contribution < 1.29 is 13.2 Å². The van der Waals surface area contributed by atoms with Gasteiger partial charge in [-0.3, -0.25) is 4.79 Å². The van der Waals surface area contributed by atoms with E-state index >= 15 is 0 Å². The Morgan fingerprint density at radius 2 is 2.32 bits per heavy atom. The van der Waals surface area contributed by atoms with Gasteiger partial charge in [-0.25, -0.2) is 13.4 Å². The highest BCUT2D eigenvalue weighted by atomic mass is 32.2. The van der Waals surface area contributed by atoms with Crippen LogP contribution < -0.4 is 10.6 Å². The Hall–Kier alpha value is -1.47. The van der Waals surface area contributed by atoms with Gasteiger partial charge in [-0.05, 0) is 18.6 Å². The lowest BCUT2D eigenvalue weighted by atomic mass is 10.2. The van der Waals surface area contributed by atoms with Crippen molar-refractivity contribution in [1.29, 1.82) is 0 Å². The van der Waals surface area contributed by atoms with E-state index in [4.69, 9.17) is 0 Å². The van der Waals surface area contributed by atoms with E-state index in [1.807, 2.05) is 13.0 Å². The molecular weight excluding hydrogens is 266 g/mol. The summed E-state index contributed by atoms with van der Waals surface area (Å²) in [6.07, 6.45) is 1.80. The molecule has 104 valence electrons. The van der Waals surface area contributed by atoms with Crippen LogP contribution in [0.4, 0.5) is 5.82 Å². The third-order valence-corrected chi connectivity index (χ3v) is 4.65. The van der Waals surface area contributed by atoms with E-state index in [1.54, 1.807) is 12.3 Å². The Labute approximate surface area is 112 Å². The van der Waals surface area contributed by atoms with Crippen LogP contribution in [0.3, 0.4) is 0 Å². The van der Waals surface area contributed by atoms with Crippen LogP contribution >= 0.6 is 0 Å². The number of nitrogens with one attached hydrogen (secondary N) is 2. The summed E-state index contributed by atoms with van der Waals surface area (Å²) < 4.78 is 22.9. The zero-order valence-corrected chi connectivity index (χ0v) is 11.5. The van der Waals surface area contributed by atoms with Gasteiger partial charge in [0.1, 0.15) is 5.82 Å². The molecule has 1 aromatic rings. The van der Waals surface area contributed by atoms with Crippen molar-refractivity contribution in [3.8, 4) is 0 Å². The van der Waals surface area contributed by atoms with Crippen molar-refractivity contribution in [1.82, 2.24) is 10.3 Å². The van der Waals surface area contributed by atoms with Gasteiger partial charge in [-0.15, -0.1) is 0 Å². The molecule has 0 bridgehead atoms. The highest BCUT2D eigenvalue weighted by Crippen LogP contribution is 2.08. The number of amides is 1. The molecular formula is C12H17N3O3S. The largest absolute Gasteiger partial charge is 0.311 e. The van der Waals surface area contributed by atoms with Crippen LogP contribution in [0.2, 0.25) is 0 Å². The van der Waals surface area contributed by atoms with E-state index < -0.39 is 9.84 Å². The highest BCUT2D eigenvalue weighted by Gasteiger charge is 2.25. The molecule has 1 amide bonds. The minimum atomic E-state index is -3.01. The Balaban J connectivity index is 1.89. The minimum Gasteiger partial charge on any atom is -0.311 e. The summed E-state index contributed by atoms with van der Waals surface area (Å²) in [5.41, 5.74) is 1.01. The quantitative estimate of drug-likeness (QED) is 0.821. The average molecular weight is 283 g/mol. The molecule has 0 spiro atoms. The molecule has 1 unspecified atom stereocenters.